The van der Waals surface area contributed by atoms with Gasteiger partial charge in [-0.2, -0.15) is 5.26 Å². The fourth-order valence-corrected chi connectivity index (χ4v) is 1.57. The molecule has 1 aliphatic heterocycles. The zero-order chi connectivity index (χ0) is 10.9. The first-order valence-electron chi connectivity index (χ1n) is 4.60. The zero-order valence-electron chi connectivity index (χ0n) is 7.95. The molecule has 78 valence electrons. The number of hydrogen-bond donors (Lipinski definition) is 0. The second kappa shape index (κ2) is 3.46. The predicted molar refractivity (Wildman–Crippen MR) is 50.7 cm³/mol. The lowest BCUT2D eigenvalue weighted by Crippen LogP contribution is -2.25. The van der Waals surface area contributed by atoms with Gasteiger partial charge in [-0.15, -0.1) is 0 Å². The smallest absolute Gasteiger partial charge is 0.266 e. The van der Waals surface area contributed by atoms with Gasteiger partial charge in [0.1, 0.15) is 11.9 Å². The number of rotatable bonds is 1. The highest BCUT2D eigenvalue weighted by Gasteiger charge is 2.38. The van der Waals surface area contributed by atoms with E-state index in [9.17, 15) is 8.78 Å². The SMILES string of the molecule is N#Cc1ccc(N2CCC(F)(F)C2)nc1. The Labute approximate surface area is 86.0 Å². The summed E-state index contributed by atoms with van der Waals surface area (Å²) < 4.78 is 25.8. The van der Waals surface area contributed by atoms with E-state index in [0.29, 0.717) is 17.9 Å². The number of alkyl halides is 2. The summed E-state index contributed by atoms with van der Waals surface area (Å²) in [6, 6.07) is 5.11. The Morgan fingerprint density at radius 2 is 2.27 bits per heavy atom. The summed E-state index contributed by atoms with van der Waals surface area (Å²) in [4.78, 5) is 5.50. The van der Waals surface area contributed by atoms with E-state index in [1.165, 1.54) is 11.1 Å². The van der Waals surface area contributed by atoms with Crippen LogP contribution in [0.15, 0.2) is 18.3 Å². The molecular weight excluding hydrogens is 200 g/mol. The van der Waals surface area contributed by atoms with Gasteiger partial charge in [-0.25, -0.2) is 13.8 Å². The van der Waals surface area contributed by atoms with E-state index in [1.807, 2.05) is 6.07 Å². The van der Waals surface area contributed by atoms with E-state index < -0.39 is 5.92 Å². The number of nitriles is 1. The Hall–Kier alpha value is -1.70. The Bertz CT molecular complexity index is 394. The number of halogens is 2. The van der Waals surface area contributed by atoms with Gasteiger partial charge in [-0.05, 0) is 12.1 Å². The number of anilines is 1. The molecule has 0 bridgehead atoms. The first-order chi connectivity index (χ1) is 7.11. The number of hydrogen-bond acceptors (Lipinski definition) is 3. The van der Waals surface area contributed by atoms with Gasteiger partial charge in [0.15, 0.2) is 0 Å². The van der Waals surface area contributed by atoms with E-state index in [-0.39, 0.29) is 13.0 Å². The monoisotopic (exact) mass is 209 g/mol. The minimum atomic E-state index is -2.62. The normalized spacial score (nSPS) is 18.9. The molecule has 3 nitrogen and oxygen atoms in total. The van der Waals surface area contributed by atoms with Gasteiger partial charge in [-0.1, -0.05) is 0 Å². The average Bonchev–Trinajstić information content (AvgIpc) is 2.59. The number of nitrogens with zero attached hydrogens (tertiary/aromatic N) is 3. The summed E-state index contributed by atoms with van der Waals surface area (Å²) in [6.07, 6.45) is 1.26. The van der Waals surface area contributed by atoms with Crippen LogP contribution in [-0.2, 0) is 0 Å². The van der Waals surface area contributed by atoms with Crippen molar-refractivity contribution in [1.82, 2.24) is 4.98 Å². The second-order valence-corrected chi connectivity index (χ2v) is 3.54. The van der Waals surface area contributed by atoms with E-state index in [4.69, 9.17) is 5.26 Å². The summed E-state index contributed by atoms with van der Waals surface area (Å²) in [6.45, 7) is 0.0256. The maximum Gasteiger partial charge on any atom is 0.266 e. The standard InChI is InChI=1S/C10H9F2N3/c11-10(12)3-4-15(7-10)9-2-1-8(5-13)6-14-9/h1-2,6H,3-4,7H2. The summed E-state index contributed by atoms with van der Waals surface area (Å²) in [7, 11) is 0. The van der Waals surface area contributed by atoms with Gasteiger partial charge in [0.25, 0.3) is 5.92 Å². The van der Waals surface area contributed by atoms with Gasteiger partial charge in [-0.3, -0.25) is 0 Å². The molecule has 0 saturated carbocycles. The molecule has 15 heavy (non-hydrogen) atoms. The average molecular weight is 209 g/mol. The fraction of sp³-hybridized carbons (Fsp3) is 0.400. The molecule has 0 radical (unpaired) electrons. The maximum atomic E-state index is 12.9. The van der Waals surface area contributed by atoms with Gasteiger partial charge in [0.2, 0.25) is 0 Å². The third kappa shape index (κ3) is 2.04. The summed E-state index contributed by atoms with van der Waals surface area (Å²) in [5, 5.41) is 8.55. The van der Waals surface area contributed by atoms with Crippen molar-refractivity contribution in [3.63, 3.8) is 0 Å². The lowest BCUT2D eigenvalue weighted by atomic mass is 10.3. The van der Waals surface area contributed by atoms with Crippen molar-refractivity contribution in [3.8, 4) is 6.07 Å². The van der Waals surface area contributed by atoms with E-state index in [1.54, 1.807) is 12.1 Å². The quantitative estimate of drug-likeness (QED) is 0.708. The molecule has 1 aliphatic rings. The third-order valence-corrected chi connectivity index (χ3v) is 2.37. The highest BCUT2D eigenvalue weighted by atomic mass is 19.3. The van der Waals surface area contributed by atoms with Gasteiger partial charge >= 0.3 is 0 Å². The van der Waals surface area contributed by atoms with Crippen LogP contribution in [0.4, 0.5) is 14.6 Å². The van der Waals surface area contributed by atoms with Crippen molar-refractivity contribution in [2.24, 2.45) is 0 Å². The van der Waals surface area contributed by atoms with Gasteiger partial charge in [0, 0.05) is 19.2 Å². The lowest BCUT2D eigenvalue weighted by Gasteiger charge is -2.16. The summed E-state index contributed by atoms with van der Waals surface area (Å²) in [5.41, 5.74) is 0.435. The van der Waals surface area contributed by atoms with Crippen LogP contribution in [0.25, 0.3) is 0 Å². The number of aromatic nitrogens is 1. The molecule has 1 saturated heterocycles. The van der Waals surface area contributed by atoms with Crippen LogP contribution in [0, 0.1) is 11.3 Å². The first-order valence-corrected chi connectivity index (χ1v) is 4.60. The molecule has 1 fully saturated rings. The lowest BCUT2D eigenvalue weighted by molar-refractivity contribution is 0.0257. The molecule has 0 unspecified atom stereocenters. The van der Waals surface area contributed by atoms with Crippen LogP contribution in [0.1, 0.15) is 12.0 Å². The molecular formula is C10H9F2N3. The van der Waals surface area contributed by atoms with Crippen molar-refractivity contribution in [3.05, 3.63) is 23.9 Å². The van der Waals surface area contributed by atoms with Gasteiger partial charge < -0.3 is 4.90 Å². The van der Waals surface area contributed by atoms with Crippen molar-refractivity contribution in [1.29, 1.82) is 5.26 Å². The fourth-order valence-electron chi connectivity index (χ4n) is 1.57. The highest BCUT2D eigenvalue weighted by molar-refractivity contribution is 5.43. The molecule has 0 atom stereocenters. The van der Waals surface area contributed by atoms with Crippen LogP contribution in [0.2, 0.25) is 0 Å². The molecule has 2 heterocycles. The highest BCUT2D eigenvalue weighted by Crippen LogP contribution is 2.29. The van der Waals surface area contributed by atoms with Crippen LogP contribution in [-0.4, -0.2) is 24.0 Å². The molecule has 2 rings (SSSR count). The molecule has 0 N–H and O–H groups in total. The number of pyridine rings is 1. The molecule has 0 amide bonds. The minimum absolute atomic E-state index is 0.130. The van der Waals surface area contributed by atoms with E-state index >= 15 is 0 Å². The minimum Gasteiger partial charge on any atom is -0.350 e. The maximum absolute atomic E-state index is 12.9. The predicted octanol–water partition coefficient (Wildman–Crippen LogP) is 1.80. The summed E-state index contributed by atoms with van der Waals surface area (Å²) >= 11 is 0. The molecule has 0 aromatic carbocycles. The molecule has 1 aromatic heterocycles. The van der Waals surface area contributed by atoms with E-state index in [0.717, 1.165) is 0 Å². The zero-order valence-corrected chi connectivity index (χ0v) is 7.95. The van der Waals surface area contributed by atoms with Crippen LogP contribution < -0.4 is 4.90 Å². The van der Waals surface area contributed by atoms with Crippen molar-refractivity contribution in [2.75, 3.05) is 18.0 Å². The Morgan fingerprint density at radius 3 is 2.73 bits per heavy atom. The summed E-state index contributed by atoms with van der Waals surface area (Å²) in [5.74, 6) is -2.11. The Kier molecular flexibility index (Phi) is 2.27. The topological polar surface area (TPSA) is 39.9 Å². The third-order valence-electron chi connectivity index (χ3n) is 2.37. The van der Waals surface area contributed by atoms with Crippen LogP contribution in [0.3, 0.4) is 0 Å². The Morgan fingerprint density at radius 1 is 1.47 bits per heavy atom. The molecule has 0 aliphatic carbocycles. The molecule has 5 heteroatoms. The van der Waals surface area contributed by atoms with Crippen molar-refractivity contribution < 1.29 is 8.78 Å². The Balaban J connectivity index is 2.15. The second-order valence-electron chi connectivity index (χ2n) is 3.54. The largest absolute Gasteiger partial charge is 0.350 e. The van der Waals surface area contributed by atoms with Gasteiger partial charge in [0.05, 0.1) is 12.1 Å². The van der Waals surface area contributed by atoms with Crippen LogP contribution >= 0.6 is 0 Å². The van der Waals surface area contributed by atoms with Crippen molar-refractivity contribution >= 4 is 5.82 Å². The van der Waals surface area contributed by atoms with Crippen LogP contribution in [0.5, 0.6) is 0 Å². The first kappa shape index (κ1) is 9.84. The molecule has 1 aromatic rings. The molecule has 0 spiro atoms. The van der Waals surface area contributed by atoms with E-state index in [2.05, 4.69) is 4.98 Å². The van der Waals surface area contributed by atoms with Crippen molar-refractivity contribution in [2.45, 2.75) is 12.3 Å².